The minimum Gasteiger partial charge on any atom is -0.466 e. The monoisotopic (exact) mass is 170 g/mol. The van der Waals surface area contributed by atoms with E-state index in [9.17, 15) is 4.79 Å². The number of rotatable bonds is 3. The van der Waals surface area contributed by atoms with Gasteiger partial charge < -0.3 is 4.74 Å². The number of methoxy groups -OCH3 is 1. The first kappa shape index (κ1) is 11.2. The third-order valence-electron chi connectivity index (χ3n) is 2.05. The van der Waals surface area contributed by atoms with E-state index in [-0.39, 0.29) is 5.97 Å². The minimum atomic E-state index is -0.190. The summed E-state index contributed by atoms with van der Waals surface area (Å²) in [6, 6.07) is 0. The molecule has 2 heteroatoms. The van der Waals surface area contributed by atoms with Crippen molar-refractivity contribution in [3.05, 3.63) is 11.1 Å². The van der Waals surface area contributed by atoms with E-state index < -0.39 is 0 Å². The fourth-order valence-corrected chi connectivity index (χ4v) is 1.21. The number of carbonyl (C=O) groups is 1. The van der Waals surface area contributed by atoms with Crippen LogP contribution in [-0.4, -0.2) is 13.1 Å². The third-order valence-corrected chi connectivity index (χ3v) is 2.05. The molecule has 0 aromatic heterocycles. The summed E-state index contributed by atoms with van der Waals surface area (Å²) in [6.45, 7) is 7.99. The normalized spacial score (nSPS) is 12.1. The summed E-state index contributed by atoms with van der Waals surface area (Å²) >= 11 is 0. The van der Waals surface area contributed by atoms with Crippen LogP contribution >= 0.6 is 0 Å². The van der Waals surface area contributed by atoms with Crippen molar-refractivity contribution < 1.29 is 9.53 Å². The van der Waals surface area contributed by atoms with Gasteiger partial charge in [0.05, 0.1) is 7.11 Å². The Morgan fingerprint density at radius 1 is 1.42 bits per heavy atom. The number of ether oxygens (including phenoxy) is 1. The summed E-state index contributed by atoms with van der Waals surface area (Å²) in [5.41, 5.74) is 1.87. The number of hydrogen-bond donors (Lipinski definition) is 0. The Bertz CT molecular complexity index is 188. The smallest absolute Gasteiger partial charge is 0.333 e. The zero-order valence-electron chi connectivity index (χ0n) is 8.60. The summed E-state index contributed by atoms with van der Waals surface area (Å²) < 4.78 is 4.70. The average Bonchev–Trinajstić information content (AvgIpc) is 2.03. The largest absolute Gasteiger partial charge is 0.466 e. The van der Waals surface area contributed by atoms with Gasteiger partial charge in [-0.2, -0.15) is 0 Å². The van der Waals surface area contributed by atoms with E-state index in [2.05, 4.69) is 6.92 Å². The molecule has 0 saturated carbocycles. The van der Waals surface area contributed by atoms with Gasteiger partial charge >= 0.3 is 5.97 Å². The Hall–Kier alpha value is -0.790. The molecule has 2 nitrogen and oxygen atoms in total. The van der Waals surface area contributed by atoms with Gasteiger partial charge in [0.2, 0.25) is 0 Å². The molecule has 0 bridgehead atoms. The lowest BCUT2D eigenvalue weighted by Gasteiger charge is -2.13. The highest BCUT2D eigenvalue weighted by Crippen LogP contribution is 2.19. The molecule has 0 N–H and O–H groups in total. The standard InChI is InChI=1S/C10H18O2/c1-6-8(4)9(7(2)3)10(11)12-5/h8H,6H2,1-5H3. The molecule has 0 fully saturated rings. The minimum absolute atomic E-state index is 0.190. The van der Waals surface area contributed by atoms with Gasteiger partial charge in [-0.1, -0.05) is 19.4 Å². The van der Waals surface area contributed by atoms with Crippen LogP contribution < -0.4 is 0 Å². The molecule has 70 valence electrons. The van der Waals surface area contributed by atoms with Crippen molar-refractivity contribution in [2.45, 2.75) is 34.1 Å². The van der Waals surface area contributed by atoms with Gasteiger partial charge in [0.15, 0.2) is 0 Å². The number of carbonyl (C=O) groups excluding carboxylic acids is 1. The Morgan fingerprint density at radius 3 is 2.17 bits per heavy atom. The van der Waals surface area contributed by atoms with Crippen LogP contribution in [0.25, 0.3) is 0 Å². The van der Waals surface area contributed by atoms with Gasteiger partial charge in [-0.05, 0) is 26.2 Å². The summed E-state index contributed by atoms with van der Waals surface area (Å²) in [6.07, 6.45) is 0.968. The highest BCUT2D eigenvalue weighted by Gasteiger charge is 2.16. The number of allylic oxidation sites excluding steroid dienone is 1. The molecule has 0 aliphatic rings. The lowest BCUT2D eigenvalue weighted by molar-refractivity contribution is -0.136. The molecule has 0 radical (unpaired) electrons. The van der Waals surface area contributed by atoms with Crippen molar-refractivity contribution in [2.75, 3.05) is 7.11 Å². The molecule has 1 unspecified atom stereocenters. The highest BCUT2D eigenvalue weighted by atomic mass is 16.5. The second-order valence-corrected chi connectivity index (χ2v) is 3.21. The first-order valence-corrected chi connectivity index (χ1v) is 4.30. The highest BCUT2D eigenvalue weighted by molar-refractivity contribution is 5.89. The predicted molar refractivity (Wildman–Crippen MR) is 49.8 cm³/mol. The van der Waals surface area contributed by atoms with E-state index in [0.717, 1.165) is 17.6 Å². The van der Waals surface area contributed by atoms with Crippen molar-refractivity contribution in [2.24, 2.45) is 5.92 Å². The molecule has 0 aromatic rings. The second kappa shape index (κ2) is 4.96. The first-order valence-electron chi connectivity index (χ1n) is 4.30. The van der Waals surface area contributed by atoms with Crippen LogP contribution in [0.2, 0.25) is 0 Å². The molecule has 0 aliphatic heterocycles. The number of hydrogen-bond acceptors (Lipinski definition) is 2. The van der Waals surface area contributed by atoms with Gasteiger partial charge in [-0.25, -0.2) is 4.79 Å². The van der Waals surface area contributed by atoms with Crippen molar-refractivity contribution in [3.63, 3.8) is 0 Å². The molecule has 0 heterocycles. The zero-order valence-corrected chi connectivity index (χ0v) is 8.60. The van der Waals surface area contributed by atoms with Gasteiger partial charge in [0.1, 0.15) is 0 Å². The number of esters is 1. The molecule has 0 aromatic carbocycles. The Morgan fingerprint density at radius 2 is 1.92 bits per heavy atom. The Labute approximate surface area is 74.6 Å². The lowest BCUT2D eigenvalue weighted by atomic mass is 9.95. The average molecular weight is 170 g/mol. The maximum absolute atomic E-state index is 11.3. The molecule has 12 heavy (non-hydrogen) atoms. The SMILES string of the molecule is CCC(C)C(C(=O)OC)=C(C)C. The third kappa shape index (κ3) is 2.68. The summed E-state index contributed by atoms with van der Waals surface area (Å²) in [5, 5.41) is 0. The maximum Gasteiger partial charge on any atom is 0.333 e. The van der Waals surface area contributed by atoms with Crippen molar-refractivity contribution in [3.8, 4) is 0 Å². The van der Waals surface area contributed by atoms with E-state index in [0.29, 0.717) is 5.92 Å². The summed E-state index contributed by atoms with van der Waals surface area (Å²) in [7, 11) is 1.42. The topological polar surface area (TPSA) is 26.3 Å². The van der Waals surface area contributed by atoms with Crippen LogP contribution in [-0.2, 0) is 9.53 Å². The zero-order chi connectivity index (χ0) is 9.72. The van der Waals surface area contributed by atoms with E-state index in [4.69, 9.17) is 4.74 Å². The van der Waals surface area contributed by atoms with E-state index in [1.807, 2.05) is 20.8 Å². The Balaban J connectivity index is 4.69. The molecular formula is C10H18O2. The van der Waals surface area contributed by atoms with Gasteiger partial charge in [0, 0.05) is 5.57 Å². The second-order valence-electron chi connectivity index (χ2n) is 3.21. The summed E-state index contributed by atoms with van der Waals surface area (Å²) in [4.78, 5) is 11.3. The summed E-state index contributed by atoms with van der Waals surface area (Å²) in [5.74, 6) is 0.104. The molecule has 0 amide bonds. The fraction of sp³-hybridized carbons (Fsp3) is 0.700. The fourth-order valence-electron chi connectivity index (χ4n) is 1.21. The van der Waals surface area contributed by atoms with Crippen LogP contribution in [0.5, 0.6) is 0 Å². The van der Waals surface area contributed by atoms with Gasteiger partial charge in [-0.15, -0.1) is 0 Å². The van der Waals surface area contributed by atoms with Crippen molar-refractivity contribution in [1.82, 2.24) is 0 Å². The molecule has 0 saturated heterocycles. The van der Waals surface area contributed by atoms with Crippen molar-refractivity contribution in [1.29, 1.82) is 0 Å². The molecule has 1 atom stereocenters. The Kier molecular flexibility index (Phi) is 4.64. The molecule has 0 spiro atoms. The van der Waals surface area contributed by atoms with Gasteiger partial charge in [-0.3, -0.25) is 0 Å². The van der Waals surface area contributed by atoms with E-state index in [1.165, 1.54) is 7.11 Å². The van der Waals surface area contributed by atoms with E-state index in [1.54, 1.807) is 0 Å². The van der Waals surface area contributed by atoms with Crippen LogP contribution in [0, 0.1) is 5.92 Å². The van der Waals surface area contributed by atoms with Crippen LogP contribution in [0.4, 0.5) is 0 Å². The molecular weight excluding hydrogens is 152 g/mol. The van der Waals surface area contributed by atoms with Crippen molar-refractivity contribution >= 4 is 5.97 Å². The molecule has 0 aliphatic carbocycles. The lowest BCUT2D eigenvalue weighted by Crippen LogP contribution is -2.13. The predicted octanol–water partition coefficient (Wildman–Crippen LogP) is 2.54. The van der Waals surface area contributed by atoms with Gasteiger partial charge in [0.25, 0.3) is 0 Å². The quantitative estimate of drug-likeness (QED) is 0.480. The van der Waals surface area contributed by atoms with Crippen LogP contribution in [0.1, 0.15) is 34.1 Å². The maximum atomic E-state index is 11.3. The van der Waals surface area contributed by atoms with Crippen LogP contribution in [0.3, 0.4) is 0 Å². The van der Waals surface area contributed by atoms with E-state index >= 15 is 0 Å². The first-order chi connectivity index (χ1) is 5.54. The van der Waals surface area contributed by atoms with Crippen LogP contribution in [0.15, 0.2) is 11.1 Å². The molecule has 0 rings (SSSR count).